The van der Waals surface area contributed by atoms with Gasteiger partial charge in [-0.1, -0.05) is 86.6 Å². The predicted octanol–water partition coefficient (Wildman–Crippen LogP) is 4.14. The van der Waals surface area contributed by atoms with E-state index in [0.29, 0.717) is 36.3 Å². The highest BCUT2D eigenvalue weighted by atomic mass is 32.1. The maximum atomic E-state index is 14.3. The van der Waals surface area contributed by atoms with Gasteiger partial charge in [0.1, 0.15) is 18.6 Å². The van der Waals surface area contributed by atoms with Crippen LogP contribution in [0.3, 0.4) is 0 Å². The van der Waals surface area contributed by atoms with Crippen molar-refractivity contribution in [1.82, 2.24) is 15.1 Å². The zero-order valence-electron chi connectivity index (χ0n) is 25.1. The van der Waals surface area contributed by atoms with E-state index in [0.717, 1.165) is 22.4 Å². The maximum absolute atomic E-state index is 14.3. The molecule has 0 bridgehead atoms. The number of aliphatic carboxylic acids is 1. The fourth-order valence-corrected chi connectivity index (χ4v) is 6.10. The Hall–Kier alpha value is -4.51. The summed E-state index contributed by atoms with van der Waals surface area (Å²) in [7, 11) is 0. The van der Waals surface area contributed by atoms with E-state index in [4.69, 9.17) is 21.7 Å². The van der Waals surface area contributed by atoms with Gasteiger partial charge in [0.05, 0.1) is 12.5 Å². The number of unbranched alkanes of at least 4 members (excludes halogenated alkanes) is 1. The summed E-state index contributed by atoms with van der Waals surface area (Å²) in [6.45, 7) is 1.97. The number of piperazine rings is 1. The van der Waals surface area contributed by atoms with E-state index in [9.17, 15) is 24.3 Å². The minimum Gasteiger partial charge on any atom is -0.481 e. The number of nitrogens with zero attached hydrogens (tertiary/aromatic N) is 2. The molecule has 2 aromatic rings. The molecule has 45 heavy (non-hydrogen) atoms. The van der Waals surface area contributed by atoms with E-state index < -0.39 is 30.0 Å². The zero-order chi connectivity index (χ0) is 31.9. The highest BCUT2D eigenvalue weighted by Gasteiger charge is 2.44. The Kier molecular flexibility index (Phi) is 10.3. The van der Waals surface area contributed by atoms with Crippen LogP contribution in [0.1, 0.15) is 56.2 Å². The number of rotatable bonds is 13. The van der Waals surface area contributed by atoms with Gasteiger partial charge in [0.15, 0.2) is 11.5 Å². The van der Waals surface area contributed by atoms with Crippen molar-refractivity contribution in [3.8, 4) is 11.5 Å². The van der Waals surface area contributed by atoms with Gasteiger partial charge in [0.2, 0.25) is 24.5 Å². The number of carboxylic acid groups (broad SMARTS) is 1. The summed E-state index contributed by atoms with van der Waals surface area (Å²) < 4.78 is 10.8. The molecule has 3 aliphatic rings. The van der Waals surface area contributed by atoms with Gasteiger partial charge < -0.3 is 29.7 Å². The topological polar surface area (TPSA) is 125 Å². The Morgan fingerprint density at radius 1 is 1.11 bits per heavy atom. The van der Waals surface area contributed by atoms with Crippen molar-refractivity contribution in [3.63, 3.8) is 0 Å². The standard InChI is InChI=1S/C34H37N3O7S/c1-2-3-12-26(33(41)35-25(18-32(39)40)23-14-15-28-29(17-23)44-21-43-28)37-20-31(38)36(19-24-11-7-8-13-30(24)45)27(34(37)42)16-22-9-5-4-6-10-22/h4-11,14-15,17,25-27H,2-3,12-13,16,18-21H2,1H3,(H,35,41)(H,39,40)/t25-,26-,27-/m0/s1. The average Bonchev–Trinajstić information content (AvgIpc) is 3.50. The monoisotopic (exact) mass is 631 g/mol. The number of fused-ring (bicyclic) bond motifs is 1. The Bertz CT molecular complexity index is 1520. The molecule has 10 nitrogen and oxygen atoms in total. The third-order valence-electron chi connectivity index (χ3n) is 8.28. The fraction of sp³-hybridized carbons (Fsp3) is 0.382. The maximum Gasteiger partial charge on any atom is 0.305 e. The first-order valence-electron chi connectivity index (χ1n) is 15.2. The lowest BCUT2D eigenvalue weighted by Crippen LogP contribution is -2.65. The van der Waals surface area contributed by atoms with E-state index in [-0.39, 0.29) is 44.5 Å². The van der Waals surface area contributed by atoms with Crippen molar-refractivity contribution in [3.05, 3.63) is 83.5 Å². The Labute approximate surface area is 267 Å². The van der Waals surface area contributed by atoms with Gasteiger partial charge in [-0.3, -0.25) is 19.2 Å². The number of benzene rings is 2. The van der Waals surface area contributed by atoms with Crippen LogP contribution in [-0.2, 0) is 25.6 Å². The fourth-order valence-electron chi connectivity index (χ4n) is 5.87. The zero-order valence-corrected chi connectivity index (χ0v) is 26.0. The number of nitrogens with one attached hydrogen (secondary N) is 1. The van der Waals surface area contributed by atoms with Crippen LogP contribution in [0.4, 0.5) is 0 Å². The number of amides is 3. The van der Waals surface area contributed by atoms with Crippen molar-refractivity contribution in [2.75, 3.05) is 19.9 Å². The molecule has 3 amide bonds. The predicted molar refractivity (Wildman–Crippen MR) is 171 cm³/mol. The minimum atomic E-state index is -1.10. The molecule has 0 aromatic heterocycles. The Morgan fingerprint density at radius 3 is 2.62 bits per heavy atom. The van der Waals surface area contributed by atoms with Gasteiger partial charge >= 0.3 is 5.97 Å². The first-order chi connectivity index (χ1) is 21.7. The van der Waals surface area contributed by atoms with Gasteiger partial charge in [-0.05, 0) is 35.3 Å². The number of carbonyl (C=O) groups excluding carboxylic acids is 3. The van der Waals surface area contributed by atoms with E-state index >= 15 is 0 Å². The molecule has 0 saturated carbocycles. The lowest BCUT2D eigenvalue weighted by Gasteiger charge is -2.43. The number of thiocarbonyl (C=S) groups is 1. The first kappa shape index (κ1) is 31.9. The number of allylic oxidation sites excluding steroid dienone is 3. The molecule has 11 heteroatoms. The van der Waals surface area contributed by atoms with Crippen LogP contribution >= 0.6 is 12.2 Å². The first-order valence-corrected chi connectivity index (χ1v) is 15.6. The van der Waals surface area contributed by atoms with E-state index in [1.165, 1.54) is 4.90 Å². The van der Waals surface area contributed by atoms with Crippen molar-refractivity contribution in [2.24, 2.45) is 0 Å². The molecule has 0 unspecified atom stereocenters. The second-order valence-electron chi connectivity index (χ2n) is 11.4. The van der Waals surface area contributed by atoms with E-state index in [1.54, 1.807) is 23.1 Å². The number of carbonyl (C=O) groups is 4. The van der Waals surface area contributed by atoms with Crippen LogP contribution in [0.15, 0.2) is 72.3 Å². The molecular formula is C34H37N3O7S. The van der Waals surface area contributed by atoms with Crippen LogP contribution in [0.2, 0.25) is 0 Å². The summed E-state index contributed by atoms with van der Waals surface area (Å²) in [5.74, 6) is -1.22. The number of carboxylic acids is 1. The molecule has 1 aliphatic carbocycles. The Morgan fingerprint density at radius 2 is 1.89 bits per heavy atom. The molecular weight excluding hydrogens is 594 g/mol. The summed E-state index contributed by atoms with van der Waals surface area (Å²) in [6, 6.07) is 11.8. The molecule has 0 spiro atoms. The molecule has 2 aromatic carbocycles. The summed E-state index contributed by atoms with van der Waals surface area (Å²) in [5.41, 5.74) is 2.24. The van der Waals surface area contributed by atoms with Crippen LogP contribution in [0, 0.1) is 0 Å². The molecule has 236 valence electrons. The summed E-state index contributed by atoms with van der Waals surface area (Å²) in [4.78, 5) is 57.7. The highest BCUT2D eigenvalue weighted by Crippen LogP contribution is 2.35. The lowest BCUT2D eigenvalue weighted by molar-refractivity contribution is -0.160. The second kappa shape index (κ2) is 14.5. The quantitative estimate of drug-likeness (QED) is 0.316. The number of hydrogen-bond acceptors (Lipinski definition) is 7. The SMILES string of the molecule is CCCC[C@@H](C(=O)N[C@@H](CC(=O)O)c1ccc2c(c1)OCO2)N1CC(=O)N(CC2=CC=CCC2=S)[C@@H](Cc2ccccc2)C1=O. The molecule has 2 heterocycles. The smallest absolute Gasteiger partial charge is 0.305 e. The van der Waals surface area contributed by atoms with Gasteiger partial charge in [-0.25, -0.2) is 0 Å². The van der Waals surface area contributed by atoms with Gasteiger partial charge in [0.25, 0.3) is 0 Å². The van der Waals surface area contributed by atoms with Crippen molar-refractivity contribution in [1.29, 1.82) is 0 Å². The molecule has 0 radical (unpaired) electrons. The largest absolute Gasteiger partial charge is 0.481 e. The van der Waals surface area contributed by atoms with Crippen molar-refractivity contribution < 1.29 is 33.8 Å². The van der Waals surface area contributed by atoms with Crippen molar-refractivity contribution >= 4 is 40.8 Å². The molecule has 2 aliphatic heterocycles. The molecule has 1 saturated heterocycles. The highest BCUT2D eigenvalue weighted by molar-refractivity contribution is 7.80. The average molecular weight is 632 g/mol. The second-order valence-corrected chi connectivity index (χ2v) is 11.9. The Balaban J connectivity index is 1.43. The van der Waals surface area contributed by atoms with Crippen LogP contribution < -0.4 is 14.8 Å². The molecule has 5 rings (SSSR count). The number of hydrogen-bond donors (Lipinski definition) is 2. The molecule has 3 atom stereocenters. The van der Waals surface area contributed by atoms with Gasteiger partial charge in [-0.15, -0.1) is 0 Å². The molecule has 1 fully saturated rings. The lowest BCUT2D eigenvalue weighted by atomic mass is 9.95. The third kappa shape index (κ3) is 7.59. The minimum absolute atomic E-state index is 0.0554. The third-order valence-corrected chi connectivity index (χ3v) is 8.71. The van der Waals surface area contributed by atoms with Crippen molar-refractivity contribution in [2.45, 2.75) is 63.6 Å². The summed E-state index contributed by atoms with van der Waals surface area (Å²) in [6.07, 6.45) is 7.95. The summed E-state index contributed by atoms with van der Waals surface area (Å²) in [5, 5.41) is 12.6. The van der Waals surface area contributed by atoms with E-state index in [2.05, 4.69) is 5.32 Å². The van der Waals surface area contributed by atoms with Gasteiger partial charge in [0, 0.05) is 24.3 Å². The van der Waals surface area contributed by atoms with E-state index in [1.807, 2.05) is 55.5 Å². The summed E-state index contributed by atoms with van der Waals surface area (Å²) >= 11 is 5.55. The molecule has 2 N–H and O–H groups in total. The van der Waals surface area contributed by atoms with Gasteiger partial charge in [-0.2, -0.15) is 0 Å². The van der Waals surface area contributed by atoms with Crippen LogP contribution in [0.25, 0.3) is 0 Å². The number of ether oxygens (including phenoxy) is 2. The van der Waals surface area contributed by atoms with Crippen LogP contribution in [0.5, 0.6) is 11.5 Å². The van der Waals surface area contributed by atoms with Crippen LogP contribution in [-0.4, -0.2) is 75.4 Å². The normalized spacial score (nSPS) is 18.9.